The first-order valence-electron chi connectivity index (χ1n) is 10.6. The zero-order valence-electron chi connectivity index (χ0n) is 18.1. The smallest absolute Gasteiger partial charge is 0.106 e. The minimum Gasteiger partial charge on any atom is -0.545 e. The van der Waals surface area contributed by atoms with E-state index in [9.17, 15) is 9.90 Å². The molecular weight excluding hydrogens is 372 g/mol. The lowest BCUT2D eigenvalue weighted by Gasteiger charge is -2.29. The maximum atomic E-state index is 12.1. The van der Waals surface area contributed by atoms with Crippen LogP contribution >= 0.6 is 0 Å². The number of quaternary nitrogens is 1. The highest BCUT2D eigenvalue weighted by Gasteiger charge is 2.28. The summed E-state index contributed by atoms with van der Waals surface area (Å²) in [7, 11) is 0. The maximum Gasteiger partial charge on any atom is 0.106 e. The van der Waals surface area contributed by atoms with Gasteiger partial charge in [-0.1, -0.05) is 63.2 Å². The number of pyridine rings is 1. The van der Waals surface area contributed by atoms with Gasteiger partial charge in [0.2, 0.25) is 0 Å². The summed E-state index contributed by atoms with van der Waals surface area (Å²) in [5.74, 6) is -1.13. The van der Waals surface area contributed by atoms with Crippen LogP contribution in [0, 0.1) is 0 Å². The van der Waals surface area contributed by atoms with Gasteiger partial charge >= 0.3 is 0 Å². The van der Waals surface area contributed by atoms with Crippen molar-refractivity contribution in [1.82, 2.24) is 4.98 Å². The van der Waals surface area contributed by atoms with Gasteiger partial charge in [0.15, 0.2) is 0 Å². The topological polar surface area (TPSA) is 57.5 Å². The normalized spacial score (nSPS) is 17.9. The number of hydrogen-bond donors (Lipinski definition) is 1. The Labute approximate surface area is 177 Å². The first-order valence-corrected chi connectivity index (χ1v) is 10.6. The second-order valence-electron chi connectivity index (χ2n) is 9.12. The average Bonchev–Trinajstić information content (AvgIpc) is 2.71. The van der Waals surface area contributed by atoms with Crippen molar-refractivity contribution >= 4 is 28.5 Å². The summed E-state index contributed by atoms with van der Waals surface area (Å²) in [5, 5.41) is 12.8. The molecule has 1 unspecified atom stereocenters. The van der Waals surface area contributed by atoms with Gasteiger partial charge in [-0.3, -0.25) is 0 Å². The third-order valence-corrected chi connectivity index (χ3v) is 5.99. The van der Waals surface area contributed by atoms with Crippen LogP contribution in [0.25, 0.3) is 22.6 Å². The van der Waals surface area contributed by atoms with Gasteiger partial charge in [0.1, 0.15) is 13.1 Å². The largest absolute Gasteiger partial charge is 0.545 e. The molecule has 0 bridgehead atoms. The van der Waals surface area contributed by atoms with E-state index in [1.165, 1.54) is 10.5 Å². The number of nitrogens with one attached hydrogen (secondary N) is 1. The summed E-state index contributed by atoms with van der Waals surface area (Å²) in [6, 6.07) is 16.0. The second-order valence-corrected chi connectivity index (χ2v) is 9.12. The summed E-state index contributed by atoms with van der Waals surface area (Å²) in [4.78, 5) is 18.3. The Morgan fingerprint density at radius 2 is 1.80 bits per heavy atom. The molecule has 0 amide bonds. The molecule has 2 heterocycles. The number of para-hydroxylation sites is 1. The molecule has 1 aromatic heterocycles. The highest BCUT2D eigenvalue weighted by molar-refractivity contribution is 6.05. The van der Waals surface area contributed by atoms with Crippen molar-refractivity contribution in [1.29, 1.82) is 0 Å². The molecule has 1 aliphatic rings. The number of carbonyl (C=O) groups is 1. The third-order valence-electron chi connectivity index (χ3n) is 5.99. The minimum absolute atomic E-state index is 0.107. The van der Waals surface area contributed by atoms with Gasteiger partial charge < -0.3 is 14.8 Å². The Kier molecular flexibility index (Phi) is 5.20. The number of rotatable bonds is 3. The predicted molar refractivity (Wildman–Crippen MR) is 119 cm³/mol. The minimum atomic E-state index is -1.13. The summed E-state index contributed by atoms with van der Waals surface area (Å²) in [5.41, 5.74) is 6.14. The standard InChI is InChI=1S/C26H28N2O2/c1-5-28-15-18(14-17-10-12-19(13-11-17)26(2,3)4)24-21(16-28)23(25(29)30)20-8-6-7-9-22(20)27-24/h6-14H,5,15-16H2,1-4H3,(H,29,30)/b18-14+. The van der Waals surface area contributed by atoms with Crippen LogP contribution in [0.4, 0.5) is 0 Å². The van der Waals surface area contributed by atoms with Crippen LogP contribution < -0.4 is 10.0 Å². The second kappa shape index (κ2) is 7.69. The van der Waals surface area contributed by atoms with Gasteiger partial charge in [0.25, 0.3) is 0 Å². The fourth-order valence-electron chi connectivity index (χ4n) is 4.24. The lowest BCUT2D eigenvalue weighted by Crippen LogP contribution is -3.11. The van der Waals surface area contributed by atoms with Crippen LogP contribution in [0.2, 0.25) is 0 Å². The number of fused-ring (bicyclic) bond motifs is 2. The quantitative estimate of drug-likeness (QED) is 0.736. The Morgan fingerprint density at radius 1 is 1.10 bits per heavy atom. The maximum absolute atomic E-state index is 12.1. The highest BCUT2D eigenvalue weighted by Crippen LogP contribution is 2.30. The fraction of sp³-hybridized carbons (Fsp3) is 0.308. The molecule has 0 aliphatic carbocycles. The van der Waals surface area contributed by atoms with E-state index in [1.54, 1.807) is 0 Å². The number of carboxylic acids is 1. The van der Waals surface area contributed by atoms with E-state index in [2.05, 4.69) is 58.0 Å². The van der Waals surface area contributed by atoms with Crippen molar-refractivity contribution in [3.8, 4) is 0 Å². The number of aromatic nitrogens is 1. The lowest BCUT2D eigenvalue weighted by molar-refractivity contribution is -0.905. The van der Waals surface area contributed by atoms with Crippen LogP contribution in [0.1, 0.15) is 60.4 Å². The molecule has 4 nitrogen and oxygen atoms in total. The number of aromatic carboxylic acids is 1. The summed E-state index contributed by atoms with van der Waals surface area (Å²) < 4.78 is 0. The van der Waals surface area contributed by atoms with Crippen molar-refractivity contribution < 1.29 is 14.8 Å². The Morgan fingerprint density at radius 3 is 2.43 bits per heavy atom. The molecule has 4 rings (SSSR count). The van der Waals surface area contributed by atoms with E-state index in [0.29, 0.717) is 17.4 Å². The summed E-state index contributed by atoms with van der Waals surface area (Å²) >= 11 is 0. The monoisotopic (exact) mass is 400 g/mol. The van der Waals surface area contributed by atoms with Crippen LogP contribution in [0.3, 0.4) is 0 Å². The average molecular weight is 401 g/mol. The Bertz CT molecular complexity index is 1140. The molecule has 1 N–H and O–H groups in total. The van der Waals surface area contributed by atoms with Gasteiger partial charge in [0.05, 0.1) is 23.7 Å². The molecule has 2 aromatic carbocycles. The number of likely N-dealkylation sites (N-methyl/N-ethyl adjacent to an activating group) is 1. The van der Waals surface area contributed by atoms with Crippen molar-refractivity contribution in [3.63, 3.8) is 0 Å². The van der Waals surface area contributed by atoms with Gasteiger partial charge in [-0.2, -0.15) is 0 Å². The van der Waals surface area contributed by atoms with Crippen molar-refractivity contribution in [2.24, 2.45) is 0 Å². The van der Waals surface area contributed by atoms with Crippen LogP contribution in [0.5, 0.6) is 0 Å². The molecular formula is C26H28N2O2. The zero-order valence-corrected chi connectivity index (χ0v) is 18.1. The third kappa shape index (κ3) is 3.75. The summed E-state index contributed by atoms with van der Waals surface area (Å²) in [6.45, 7) is 11.1. The first-order chi connectivity index (χ1) is 14.3. The van der Waals surface area contributed by atoms with Crippen molar-refractivity contribution in [3.05, 3.63) is 76.5 Å². The SMILES string of the molecule is CC[NH+]1C/C(=C\c2ccc(C(C)(C)C)cc2)c2nc3ccccc3c(C(=O)[O-])c2C1. The molecule has 154 valence electrons. The number of nitrogens with zero attached hydrogens (tertiary/aromatic N) is 1. The van der Waals surface area contributed by atoms with E-state index in [1.807, 2.05) is 24.3 Å². The molecule has 0 spiro atoms. The molecule has 1 atom stereocenters. The van der Waals surface area contributed by atoms with Crippen LogP contribution in [-0.4, -0.2) is 24.0 Å². The molecule has 30 heavy (non-hydrogen) atoms. The molecule has 3 aromatic rings. The first kappa shape index (κ1) is 20.3. The number of carbonyl (C=O) groups excluding carboxylic acids is 1. The fourth-order valence-corrected chi connectivity index (χ4v) is 4.24. The van der Waals surface area contributed by atoms with E-state index in [0.717, 1.165) is 35.5 Å². The highest BCUT2D eigenvalue weighted by atomic mass is 16.4. The van der Waals surface area contributed by atoms with E-state index < -0.39 is 5.97 Å². The number of benzene rings is 2. The van der Waals surface area contributed by atoms with Crippen LogP contribution in [-0.2, 0) is 12.0 Å². The predicted octanol–water partition coefficient (Wildman–Crippen LogP) is 2.85. The van der Waals surface area contributed by atoms with E-state index >= 15 is 0 Å². The van der Waals surface area contributed by atoms with Crippen molar-refractivity contribution in [2.75, 3.05) is 13.1 Å². The lowest BCUT2D eigenvalue weighted by atomic mass is 9.86. The van der Waals surface area contributed by atoms with Gasteiger partial charge in [0, 0.05) is 22.1 Å². The van der Waals surface area contributed by atoms with Crippen molar-refractivity contribution in [2.45, 2.75) is 39.7 Å². The van der Waals surface area contributed by atoms with Gasteiger partial charge in [-0.15, -0.1) is 0 Å². The summed E-state index contributed by atoms with van der Waals surface area (Å²) in [6.07, 6.45) is 2.15. The Hall–Kier alpha value is -2.98. The molecule has 1 aliphatic heterocycles. The van der Waals surface area contributed by atoms with Crippen LogP contribution in [0.15, 0.2) is 48.5 Å². The molecule has 0 saturated heterocycles. The molecule has 0 radical (unpaired) electrons. The van der Waals surface area contributed by atoms with E-state index in [4.69, 9.17) is 4.98 Å². The molecule has 0 fully saturated rings. The number of hydrogen-bond acceptors (Lipinski definition) is 3. The van der Waals surface area contributed by atoms with E-state index in [-0.39, 0.29) is 11.0 Å². The Balaban J connectivity index is 1.89. The molecule has 0 saturated carbocycles. The zero-order chi connectivity index (χ0) is 21.5. The molecule has 4 heteroatoms. The number of carboxylic acid groups (broad SMARTS) is 1. The van der Waals surface area contributed by atoms with Gasteiger partial charge in [-0.05, 0) is 35.6 Å². The van der Waals surface area contributed by atoms with Gasteiger partial charge in [-0.25, -0.2) is 4.98 Å².